The summed E-state index contributed by atoms with van der Waals surface area (Å²) in [6, 6.07) is 6.79. The van der Waals surface area contributed by atoms with Crippen LogP contribution in [0.4, 0.5) is 14.5 Å². The maximum Gasteiger partial charge on any atom is 0.257 e. The molecule has 0 bridgehead atoms. The SMILES string of the molecule is CCCN(CC(=O)Nc1ccc(F)cc1F)Cc1nnc(-c2cccs2)o1. The van der Waals surface area contributed by atoms with Gasteiger partial charge in [-0.2, -0.15) is 0 Å². The van der Waals surface area contributed by atoms with Crippen LogP contribution in [-0.4, -0.2) is 34.1 Å². The molecule has 27 heavy (non-hydrogen) atoms. The lowest BCUT2D eigenvalue weighted by atomic mass is 10.3. The minimum atomic E-state index is -0.817. The minimum absolute atomic E-state index is 0.0152. The second-order valence-corrected chi connectivity index (χ2v) is 6.81. The summed E-state index contributed by atoms with van der Waals surface area (Å²) in [6.07, 6.45) is 0.810. The summed E-state index contributed by atoms with van der Waals surface area (Å²) in [6.45, 7) is 2.92. The first-order valence-corrected chi connectivity index (χ1v) is 9.26. The molecule has 0 unspecified atom stereocenters. The van der Waals surface area contributed by atoms with Crippen molar-refractivity contribution in [1.29, 1.82) is 0 Å². The van der Waals surface area contributed by atoms with E-state index >= 15 is 0 Å². The van der Waals surface area contributed by atoms with Crippen molar-refractivity contribution in [2.45, 2.75) is 19.9 Å². The Morgan fingerprint density at radius 2 is 2.15 bits per heavy atom. The molecule has 1 aromatic carbocycles. The van der Waals surface area contributed by atoms with Crippen LogP contribution in [0.1, 0.15) is 19.2 Å². The van der Waals surface area contributed by atoms with Gasteiger partial charge in [0.15, 0.2) is 0 Å². The molecule has 6 nitrogen and oxygen atoms in total. The van der Waals surface area contributed by atoms with Crippen molar-refractivity contribution < 1.29 is 18.0 Å². The first kappa shape index (κ1) is 19.1. The third-order valence-electron chi connectivity index (χ3n) is 3.67. The van der Waals surface area contributed by atoms with Gasteiger partial charge < -0.3 is 9.73 Å². The van der Waals surface area contributed by atoms with E-state index in [0.29, 0.717) is 24.9 Å². The summed E-state index contributed by atoms with van der Waals surface area (Å²) in [5.74, 6) is -1.09. The van der Waals surface area contributed by atoms with E-state index in [0.717, 1.165) is 23.4 Å². The van der Waals surface area contributed by atoms with Crippen LogP contribution in [0.15, 0.2) is 40.1 Å². The van der Waals surface area contributed by atoms with Gasteiger partial charge in [0.1, 0.15) is 11.6 Å². The van der Waals surface area contributed by atoms with Gasteiger partial charge in [0, 0.05) is 6.07 Å². The molecule has 9 heteroatoms. The van der Waals surface area contributed by atoms with Gasteiger partial charge in [0.05, 0.1) is 23.7 Å². The van der Waals surface area contributed by atoms with Gasteiger partial charge in [-0.05, 0) is 36.5 Å². The molecule has 1 N–H and O–H groups in total. The van der Waals surface area contributed by atoms with Crippen molar-refractivity contribution >= 4 is 22.9 Å². The number of nitrogens with one attached hydrogen (secondary N) is 1. The van der Waals surface area contributed by atoms with Crippen molar-refractivity contribution in [3.63, 3.8) is 0 Å². The zero-order valence-corrected chi connectivity index (χ0v) is 15.4. The van der Waals surface area contributed by atoms with E-state index in [1.165, 1.54) is 17.4 Å². The van der Waals surface area contributed by atoms with Crippen LogP contribution in [0, 0.1) is 11.6 Å². The van der Waals surface area contributed by atoms with E-state index in [4.69, 9.17) is 4.42 Å². The number of carbonyl (C=O) groups is 1. The van der Waals surface area contributed by atoms with Gasteiger partial charge in [-0.1, -0.05) is 13.0 Å². The summed E-state index contributed by atoms with van der Waals surface area (Å²) >= 11 is 1.50. The quantitative estimate of drug-likeness (QED) is 0.629. The number of amides is 1. The molecule has 2 aromatic heterocycles. The fraction of sp³-hybridized carbons (Fsp3) is 0.278. The molecule has 0 saturated heterocycles. The Balaban J connectivity index is 1.62. The topological polar surface area (TPSA) is 71.3 Å². The normalized spacial score (nSPS) is 11.1. The van der Waals surface area contributed by atoms with E-state index in [1.807, 2.05) is 29.3 Å². The average Bonchev–Trinajstić information content (AvgIpc) is 3.29. The Labute approximate surface area is 158 Å². The highest BCUT2D eigenvalue weighted by Crippen LogP contribution is 2.23. The highest BCUT2D eigenvalue weighted by molar-refractivity contribution is 7.13. The molecule has 0 spiro atoms. The lowest BCUT2D eigenvalue weighted by molar-refractivity contribution is -0.117. The lowest BCUT2D eigenvalue weighted by Gasteiger charge is -2.19. The Kier molecular flexibility index (Phi) is 6.25. The fourth-order valence-corrected chi connectivity index (χ4v) is 3.17. The molecule has 142 valence electrons. The maximum atomic E-state index is 13.7. The molecule has 2 heterocycles. The molecular weight excluding hydrogens is 374 g/mol. The fourth-order valence-electron chi connectivity index (χ4n) is 2.52. The predicted octanol–water partition coefficient (Wildman–Crippen LogP) is 3.93. The third-order valence-corrected chi connectivity index (χ3v) is 4.53. The van der Waals surface area contributed by atoms with Gasteiger partial charge >= 0.3 is 0 Å². The van der Waals surface area contributed by atoms with Crippen molar-refractivity contribution in [1.82, 2.24) is 15.1 Å². The predicted molar refractivity (Wildman–Crippen MR) is 98.2 cm³/mol. The van der Waals surface area contributed by atoms with Gasteiger partial charge in [0.25, 0.3) is 5.89 Å². The number of nitrogens with zero attached hydrogens (tertiary/aromatic N) is 3. The standard InChI is InChI=1S/C18H18F2N4O2S/c1-2-7-24(10-16(25)21-14-6-5-12(19)9-13(14)20)11-17-22-23-18(26-17)15-4-3-8-27-15/h3-6,8-9H,2,7,10-11H2,1H3,(H,21,25). The number of aromatic nitrogens is 2. The van der Waals surface area contributed by atoms with Crippen LogP contribution >= 0.6 is 11.3 Å². The Morgan fingerprint density at radius 1 is 1.30 bits per heavy atom. The van der Waals surface area contributed by atoms with E-state index in [9.17, 15) is 13.6 Å². The van der Waals surface area contributed by atoms with Crippen molar-refractivity contribution in [2.75, 3.05) is 18.4 Å². The number of halogens is 2. The van der Waals surface area contributed by atoms with Crippen LogP contribution in [0.5, 0.6) is 0 Å². The number of benzene rings is 1. The molecular formula is C18H18F2N4O2S. The highest BCUT2D eigenvalue weighted by atomic mass is 32.1. The Morgan fingerprint density at radius 3 is 2.85 bits per heavy atom. The molecule has 0 aliphatic carbocycles. The Hall–Kier alpha value is -2.65. The zero-order valence-electron chi connectivity index (χ0n) is 14.6. The van der Waals surface area contributed by atoms with E-state index < -0.39 is 17.5 Å². The van der Waals surface area contributed by atoms with E-state index in [1.54, 1.807) is 0 Å². The van der Waals surface area contributed by atoms with Crippen LogP contribution in [0.3, 0.4) is 0 Å². The monoisotopic (exact) mass is 392 g/mol. The molecule has 0 atom stereocenters. The number of hydrogen-bond donors (Lipinski definition) is 1. The molecule has 0 aliphatic heterocycles. The summed E-state index contributed by atoms with van der Waals surface area (Å²) in [5.41, 5.74) is -0.0596. The number of anilines is 1. The molecule has 0 aliphatic rings. The van der Waals surface area contributed by atoms with Crippen LogP contribution in [0.2, 0.25) is 0 Å². The first-order chi connectivity index (χ1) is 13.0. The van der Waals surface area contributed by atoms with Crippen LogP contribution in [-0.2, 0) is 11.3 Å². The lowest BCUT2D eigenvalue weighted by Crippen LogP contribution is -2.33. The van der Waals surface area contributed by atoms with Crippen molar-refractivity contribution in [3.05, 3.63) is 53.2 Å². The van der Waals surface area contributed by atoms with Gasteiger partial charge in [-0.3, -0.25) is 9.69 Å². The largest absolute Gasteiger partial charge is 0.419 e. The van der Waals surface area contributed by atoms with Gasteiger partial charge in [-0.15, -0.1) is 21.5 Å². The average molecular weight is 392 g/mol. The van der Waals surface area contributed by atoms with Crippen LogP contribution in [0.25, 0.3) is 10.8 Å². The molecule has 3 rings (SSSR count). The summed E-state index contributed by atoms with van der Waals surface area (Å²) < 4.78 is 32.3. The van der Waals surface area contributed by atoms with Crippen molar-refractivity contribution in [3.8, 4) is 10.8 Å². The third kappa shape index (κ3) is 5.18. The molecule has 0 radical (unpaired) electrons. The molecule has 1 amide bonds. The molecule has 0 fully saturated rings. The summed E-state index contributed by atoms with van der Waals surface area (Å²) in [5, 5.41) is 12.4. The number of hydrogen-bond acceptors (Lipinski definition) is 6. The Bertz CT molecular complexity index is 899. The highest BCUT2D eigenvalue weighted by Gasteiger charge is 2.17. The van der Waals surface area contributed by atoms with Crippen molar-refractivity contribution in [2.24, 2.45) is 0 Å². The second kappa shape index (κ2) is 8.83. The summed E-state index contributed by atoms with van der Waals surface area (Å²) in [4.78, 5) is 14.9. The molecule has 0 saturated carbocycles. The summed E-state index contributed by atoms with van der Waals surface area (Å²) in [7, 11) is 0. The second-order valence-electron chi connectivity index (χ2n) is 5.86. The van der Waals surface area contributed by atoms with Gasteiger partial charge in [0.2, 0.25) is 11.8 Å². The minimum Gasteiger partial charge on any atom is -0.419 e. The van der Waals surface area contributed by atoms with E-state index in [-0.39, 0.29) is 12.2 Å². The van der Waals surface area contributed by atoms with Gasteiger partial charge in [-0.25, -0.2) is 8.78 Å². The maximum absolute atomic E-state index is 13.7. The van der Waals surface area contributed by atoms with E-state index in [2.05, 4.69) is 15.5 Å². The number of thiophene rings is 1. The zero-order chi connectivity index (χ0) is 19.2. The molecule has 3 aromatic rings. The first-order valence-electron chi connectivity index (χ1n) is 8.38. The van der Waals surface area contributed by atoms with Crippen LogP contribution < -0.4 is 5.32 Å². The number of carbonyl (C=O) groups excluding carboxylic acids is 1. The smallest absolute Gasteiger partial charge is 0.257 e. The number of rotatable bonds is 8.